The molecule has 3 rings (SSSR count). The second-order valence-electron chi connectivity index (χ2n) is 6.66. The fourth-order valence-electron chi connectivity index (χ4n) is 2.63. The highest BCUT2D eigenvalue weighted by molar-refractivity contribution is 5.85. The fraction of sp³-hybridized carbons (Fsp3) is 0.316. The first kappa shape index (κ1) is 18.7. The third kappa shape index (κ3) is 4.04. The zero-order valence-electron chi connectivity index (χ0n) is 15.2. The van der Waals surface area contributed by atoms with Crippen LogP contribution in [-0.2, 0) is 6.54 Å². The van der Waals surface area contributed by atoms with Crippen molar-refractivity contribution in [3.05, 3.63) is 35.7 Å². The number of aromatic nitrogens is 4. The number of hydrogen-bond donors (Lipinski definition) is 2. The Morgan fingerprint density at radius 1 is 1.15 bits per heavy atom. The number of nitrogens with zero attached hydrogens (tertiary/aromatic N) is 4. The fourth-order valence-corrected chi connectivity index (χ4v) is 2.63. The molecule has 2 heterocycles. The Bertz CT molecular complexity index is 1050. The van der Waals surface area contributed by atoms with E-state index in [1.54, 1.807) is 18.4 Å². The van der Waals surface area contributed by atoms with Gasteiger partial charge < -0.3 is 15.4 Å². The first-order valence-electron chi connectivity index (χ1n) is 8.43. The summed E-state index contributed by atoms with van der Waals surface area (Å²) in [6, 6.07) is 3.21. The van der Waals surface area contributed by atoms with Crippen LogP contribution in [-0.4, -0.2) is 30.2 Å². The summed E-state index contributed by atoms with van der Waals surface area (Å²) in [6.45, 7) is 5.56. The molecule has 2 aromatic heterocycles. The van der Waals surface area contributed by atoms with Gasteiger partial charge in [0.05, 0.1) is 0 Å². The van der Waals surface area contributed by atoms with E-state index in [0.717, 1.165) is 12.5 Å². The van der Waals surface area contributed by atoms with Crippen molar-refractivity contribution in [1.82, 2.24) is 19.5 Å². The van der Waals surface area contributed by atoms with E-state index < -0.39 is 17.2 Å². The molecule has 0 bridgehead atoms. The van der Waals surface area contributed by atoms with Crippen LogP contribution in [0.5, 0.6) is 0 Å². The van der Waals surface area contributed by atoms with Crippen LogP contribution in [0.1, 0.15) is 33.0 Å². The van der Waals surface area contributed by atoms with Crippen molar-refractivity contribution >= 4 is 17.0 Å². The van der Waals surface area contributed by atoms with Crippen molar-refractivity contribution in [3.8, 4) is 23.2 Å². The minimum Gasteiger partial charge on any atom is -0.382 e. The summed E-state index contributed by atoms with van der Waals surface area (Å²) in [4.78, 5) is 12.9. The lowest BCUT2D eigenvalue weighted by Crippen LogP contribution is -2.14. The number of imidazole rings is 1. The van der Waals surface area contributed by atoms with E-state index in [1.807, 2.05) is 6.92 Å². The second kappa shape index (κ2) is 6.93. The predicted octanol–water partition coefficient (Wildman–Crippen LogP) is 2.89. The van der Waals surface area contributed by atoms with E-state index in [2.05, 4.69) is 26.8 Å². The van der Waals surface area contributed by atoms with E-state index in [-0.39, 0.29) is 17.2 Å². The maximum Gasteiger partial charge on any atom is 0.209 e. The number of aliphatic hydroxyl groups is 1. The molecule has 0 amide bonds. The highest BCUT2D eigenvalue weighted by atomic mass is 19.1. The molecule has 3 N–H and O–H groups in total. The molecule has 3 aromatic rings. The van der Waals surface area contributed by atoms with Gasteiger partial charge in [0, 0.05) is 18.2 Å². The van der Waals surface area contributed by atoms with Gasteiger partial charge in [0.25, 0.3) is 0 Å². The Kier molecular flexibility index (Phi) is 4.81. The summed E-state index contributed by atoms with van der Waals surface area (Å²) in [7, 11) is 0. The lowest BCUT2D eigenvalue weighted by molar-refractivity contribution is 0.143. The quantitative estimate of drug-likeness (QED) is 0.691. The molecule has 0 aliphatic carbocycles. The van der Waals surface area contributed by atoms with Crippen LogP contribution in [0.4, 0.5) is 14.6 Å². The molecule has 27 heavy (non-hydrogen) atoms. The molecule has 0 aliphatic rings. The van der Waals surface area contributed by atoms with Crippen molar-refractivity contribution in [1.29, 1.82) is 0 Å². The van der Waals surface area contributed by atoms with Crippen LogP contribution in [0.3, 0.4) is 0 Å². The van der Waals surface area contributed by atoms with E-state index in [0.29, 0.717) is 23.5 Å². The number of rotatable bonds is 3. The van der Waals surface area contributed by atoms with Crippen LogP contribution in [0, 0.1) is 23.5 Å². The van der Waals surface area contributed by atoms with Gasteiger partial charge >= 0.3 is 0 Å². The first-order chi connectivity index (χ1) is 12.7. The Hall–Kier alpha value is -3.05. The van der Waals surface area contributed by atoms with E-state index >= 15 is 0 Å². The minimum atomic E-state index is -1.21. The standard InChI is InChI=1S/C19H19F2N5O/c1-4-7-26-17(11-8-12(20)10-13(21)9-11)25-15-16(22)23-14(24-18(15)26)5-6-19(2,3)27/h8-10,27H,4,7H2,1-3H3,(H2,22,23,24). The van der Waals surface area contributed by atoms with Crippen molar-refractivity contribution in [2.75, 3.05) is 5.73 Å². The zero-order chi connectivity index (χ0) is 19.8. The zero-order valence-corrected chi connectivity index (χ0v) is 15.2. The van der Waals surface area contributed by atoms with Crippen molar-refractivity contribution in [2.45, 2.75) is 39.3 Å². The monoisotopic (exact) mass is 371 g/mol. The van der Waals surface area contributed by atoms with Crippen molar-refractivity contribution in [2.24, 2.45) is 0 Å². The predicted molar refractivity (Wildman–Crippen MR) is 98.6 cm³/mol. The summed E-state index contributed by atoms with van der Waals surface area (Å²) in [5.74, 6) is 4.51. The lowest BCUT2D eigenvalue weighted by atomic mass is 10.1. The molecule has 1 aromatic carbocycles. The van der Waals surface area contributed by atoms with Crippen molar-refractivity contribution in [3.63, 3.8) is 0 Å². The molecule has 0 atom stereocenters. The molecule has 0 saturated carbocycles. The van der Waals surface area contributed by atoms with Gasteiger partial charge in [-0.1, -0.05) is 12.8 Å². The number of fused-ring (bicyclic) bond motifs is 1. The third-order valence-corrected chi connectivity index (χ3v) is 3.67. The number of nitrogens with two attached hydrogens (primary N) is 1. The summed E-state index contributed by atoms with van der Waals surface area (Å²) in [5.41, 5.74) is 5.83. The molecule has 8 heteroatoms. The normalized spacial score (nSPS) is 11.5. The summed E-state index contributed by atoms with van der Waals surface area (Å²) >= 11 is 0. The Morgan fingerprint density at radius 3 is 2.41 bits per heavy atom. The van der Waals surface area contributed by atoms with Crippen LogP contribution in [0.25, 0.3) is 22.6 Å². The molecule has 140 valence electrons. The Labute approximate surface area is 155 Å². The van der Waals surface area contributed by atoms with Gasteiger partial charge in [-0.2, -0.15) is 0 Å². The maximum atomic E-state index is 13.7. The number of benzene rings is 1. The molecule has 6 nitrogen and oxygen atoms in total. The summed E-state index contributed by atoms with van der Waals surface area (Å²) in [5, 5.41) is 9.76. The van der Waals surface area contributed by atoms with Crippen LogP contribution >= 0.6 is 0 Å². The van der Waals surface area contributed by atoms with Gasteiger partial charge in [0.1, 0.15) is 23.1 Å². The topological polar surface area (TPSA) is 89.9 Å². The van der Waals surface area contributed by atoms with E-state index in [1.165, 1.54) is 12.1 Å². The molecule has 0 fully saturated rings. The highest BCUT2D eigenvalue weighted by Crippen LogP contribution is 2.27. The molecule has 0 saturated heterocycles. The number of halogens is 2. The maximum absolute atomic E-state index is 13.7. The van der Waals surface area contributed by atoms with Gasteiger partial charge in [0.2, 0.25) is 5.82 Å². The molecule has 0 radical (unpaired) electrons. The van der Waals surface area contributed by atoms with Gasteiger partial charge in [-0.25, -0.2) is 23.7 Å². The van der Waals surface area contributed by atoms with E-state index in [4.69, 9.17) is 5.73 Å². The highest BCUT2D eigenvalue weighted by Gasteiger charge is 2.18. The van der Waals surface area contributed by atoms with Gasteiger partial charge in [-0.15, -0.1) is 0 Å². The number of nitrogen functional groups attached to an aromatic ring is 1. The van der Waals surface area contributed by atoms with Crippen LogP contribution in [0.15, 0.2) is 18.2 Å². The average Bonchev–Trinajstić information content (AvgIpc) is 2.91. The first-order valence-corrected chi connectivity index (χ1v) is 8.43. The molecule has 0 unspecified atom stereocenters. The van der Waals surface area contributed by atoms with Crippen LogP contribution in [0.2, 0.25) is 0 Å². The molecule has 0 aliphatic heterocycles. The molecular weight excluding hydrogens is 352 g/mol. The second-order valence-corrected chi connectivity index (χ2v) is 6.66. The largest absolute Gasteiger partial charge is 0.382 e. The van der Waals surface area contributed by atoms with Crippen LogP contribution < -0.4 is 5.73 Å². The Morgan fingerprint density at radius 2 is 1.81 bits per heavy atom. The van der Waals surface area contributed by atoms with Crippen molar-refractivity contribution < 1.29 is 13.9 Å². The third-order valence-electron chi connectivity index (χ3n) is 3.67. The molecule has 0 spiro atoms. The molecular formula is C19H19F2N5O. The summed E-state index contributed by atoms with van der Waals surface area (Å²) in [6.07, 6.45) is 0.741. The lowest BCUT2D eigenvalue weighted by Gasteiger charge is -2.08. The number of anilines is 1. The Balaban J connectivity index is 2.25. The minimum absolute atomic E-state index is 0.105. The van der Waals surface area contributed by atoms with Gasteiger partial charge in [-0.3, -0.25) is 0 Å². The summed E-state index contributed by atoms with van der Waals surface area (Å²) < 4.78 is 29.1. The average molecular weight is 371 g/mol. The van der Waals surface area contributed by atoms with E-state index in [9.17, 15) is 13.9 Å². The smallest absolute Gasteiger partial charge is 0.209 e. The number of hydrogen-bond acceptors (Lipinski definition) is 5. The number of aryl methyl sites for hydroxylation is 1. The van der Waals surface area contributed by atoms with Gasteiger partial charge in [-0.05, 0) is 38.3 Å². The van der Waals surface area contributed by atoms with Gasteiger partial charge in [0.15, 0.2) is 17.0 Å². The SMILES string of the molecule is CCCn1c(-c2cc(F)cc(F)c2)nc2c(N)nc(C#CC(C)(C)O)nc21.